The van der Waals surface area contributed by atoms with Gasteiger partial charge in [-0.05, 0) is 62.9 Å². The smallest absolute Gasteiger partial charge is 0.417 e. The van der Waals surface area contributed by atoms with E-state index in [-0.39, 0.29) is 29.2 Å². The van der Waals surface area contributed by atoms with Crippen LogP contribution in [-0.2, 0) is 20.4 Å². The highest BCUT2D eigenvalue weighted by atomic mass is 19.4. The summed E-state index contributed by atoms with van der Waals surface area (Å²) in [7, 11) is 0. The summed E-state index contributed by atoms with van der Waals surface area (Å²) in [6.07, 6.45) is -4.45. The molecule has 0 spiro atoms. The summed E-state index contributed by atoms with van der Waals surface area (Å²) in [5, 5.41) is 3.69. The van der Waals surface area contributed by atoms with Gasteiger partial charge < -0.3 is 19.8 Å². The van der Waals surface area contributed by atoms with Gasteiger partial charge in [-0.25, -0.2) is 4.79 Å². The molecule has 3 aromatic rings. The van der Waals surface area contributed by atoms with Gasteiger partial charge in [0.05, 0.1) is 12.1 Å². The number of pyridine rings is 1. The minimum Gasteiger partial charge on any atom is -0.454 e. The summed E-state index contributed by atoms with van der Waals surface area (Å²) >= 11 is 0. The second kappa shape index (κ2) is 9.46. The molecule has 1 aromatic heterocycles. The second-order valence-electron chi connectivity index (χ2n) is 9.98. The molecule has 2 N–H and O–H groups in total. The fraction of sp³-hybridized carbons (Fsp3) is 0.370. The van der Waals surface area contributed by atoms with Crippen molar-refractivity contribution in [2.24, 2.45) is 0 Å². The van der Waals surface area contributed by atoms with Crippen LogP contribution in [0.1, 0.15) is 32.3 Å². The van der Waals surface area contributed by atoms with E-state index >= 15 is 0 Å². The van der Waals surface area contributed by atoms with Crippen LogP contribution in [-0.4, -0.2) is 47.9 Å². The maximum absolute atomic E-state index is 13.5. The molecule has 0 saturated carbocycles. The number of aromatic nitrogens is 1. The molecular formula is C27H26F3N3O5. The predicted octanol–water partition coefficient (Wildman–Crippen LogP) is 4.61. The van der Waals surface area contributed by atoms with Gasteiger partial charge in [-0.1, -0.05) is 24.3 Å². The Hall–Kier alpha value is -3.86. The Balaban J connectivity index is 1.40. The van der Waals surface area contributed by atoms with Gasteiger partial charge in [0.1, 0.15) is 11.6 Å². The average Bonchev–Trinajstić information content (AvgIpc) is 3.54. The molecule has 5 rings (SSSR count). The number of carbonyl (C=O) groups is 2. The SMILES string of the molecule is CC(C)(OC(=O)[C@@H]1CCCN1)[C@@H]1CN(c2ccc3cc(-c4ccccc4C(F)(F)F)[nH]c(=O)c3c2)C(=O)O1. The van der Waals surface area contributed by atoms with Crippen LogP contribution in [0.3, 0.4) is 0 Å². The molecule has 38 heavy (non-hydrogen) atoms. The summed E-state index contributed by atoms with van der Waals surface area (Å²) < 4.78 is 51.7. The number of benzene rings is 2. The zero-order valence-electron chi connectivity index (χ0n) is 20.7. The van der Waals surface area contributed by atoms with E-state index in [1.165, 1.54) is 35.2 Å². The lowest BCUT2D eigenvalue weighted by Gasteiger charge is -2.30. The number of cyclic esters (lactones) is 1. The number of anilines is 1. The van der Waals surface area contributed by atoms with Crippen molar-refractivity contribution in [3.63, 3.8) is 0 Å². The Kier molecular flexibility index (Phi) is 6.42. The normalized spacial score (nSPS) is 20.1. The molecule has 0 aliphatic carbocycles. The number of amides is 1. The molecule has 11 heteroatoms. The summed E-state index contributed by atoms with van der Waals surface area (Å²) in [6.45, 7) is 4.17. The standard InChI is InChI=1S/C27H26F3N3O5/c1-26(2,38-24(35)20-8-5-11-31-20)22-14-33(25(36)37-22)16-10-9-15-12-21(32-23(34)18(15)13-16)17-6-3-4-7-19(17)27(28,29)30/h3-4,6-7,9-10,12-13,20,22,31H,5,8,11,14H2,1-2H3,(H,32,34)/t20-,22-/m0/s1. The molecule has 0 unspecified atom stereocenters. The van der Waals surface area contributed by atoms with Crippen molar-refractivity contribution in [3.05, 3.63) is 64.4 Å². The van der Waals surface area contributed by atoms with Crippen molar-refractivity contribution in [1.29, 1.82) is 0 Å². The molecule has 200 valence electrons. The number of ether oxygens (including phenoxy) is 2. The zero-order chi connectivity index (χ0) is 27.2. The molecule has 2 aromatic carbocycles. The molecule has 2 saturated heterocycles. The lowest BCUT2D eigenvalue weighted by atomic mass is 10.0. The van der Waals surface area contributed by atoms with Crippen LogP contribution in [0.25, 0.3) is 22.0 Å². The fourth-order valence-electron chi connectivity index (χ4n) is 4.84. The quantitative estimate of drug-likeness (QED) is 0.468. The van der Waals surface area contributed by atoms with Gasteiger partial charge in [0.15, 0.2) is 6.10 Å². The average molecular weight is 530 g/mol. The number of aromatic amines is 1. The Bertz CT molecular complexity index is 1460. The van der Waals surface area contributed by atoms with E-state index in [0.29, 0.717) is 17.5 Å². The van der Waals surface area contributed by atoms with Crippen LogP contribution >= 0.6 is 0 Å². The Morgan fingerprint density at radius 2 is 1.87 bits per heavy atom. The Morgan fingerprint density at radius 1 is 1.11 bits per heavy atom. The van der Waals surface area contributed by atoms with Crippen molar-refractivity contribution in [2.75, 3.05) is 18.0 Å². The maximum atomic E-state index is 13.5. The van der Waals surface area contributed by atoms with E-state index in [1.807, 2.05) is 0 Å². The third-order valence-corrected chi connectivity index (χ3v) is 6.96. The first kappa shape index (κ1) is 25.8. The number of carbonyl (C=O) groups excluding carboxylic acids is 2. The minimum atomic E-state index is -4.59. The van der Waals surface area contributed by atoms with Gasteiger partial charge in [-0.3, -0.25) is 14.5 Å². The molecular weight excluding hydrogens is 503 g/mol. The number of hydrogen-bond donors (Lipinski definition) is 2. The van der Waals surface area contributed by atoms with Crippen molar-refractivity contribution >= 4 is 28.5 Å². The Morgan fingerprint density at radius 3 is 2.58 bits per heavy atom. The third-order valence-electron chi connectivity index (χ3n) is 6.96. The van der Waals surface area contributed by atoms with Gasteiger partial charge in [0, 0.05) is 22.3 Å². The first-order valence-corrected chi connectivity index (χ1v) is 12.2. The third kappa shape index (κ3) is 4.85. The van der Waals surface area contributed by atoms with Gasteiger partial charge >= 0.3 is 18.2 Å². The fourth-order valence-corrected chi connectivity index (χ4v) is 4.84. The molecule has 1 amide bonds. The van der Waals surface area contributed by atoms with E-state index in [4.69, 9.17) is 9.47 Å². The van der Waals surface area contributed by atoms with Crippen LogP contribution in [0.5, 0.6) is 0 Å². The van der Waals surface area contributed by atoms with Gasteiger partial charge in [-0.15, -0.1) is 0 Å². The van der Waals surface area contributed by atoms with E-state index < -0.39 is 41.1 Å². The van der Waals surface area contributed by atoms with Crippen molar-refractivity contribution < 1.29 is 32.2 Å². The van der Waals surface area contributed by atoms with Crippen LogP contribution in [0.15, 0.2) is 53.3 Å². The van der Waals surface area contributed by atoms with Crippen molar-refractivity contribution in [2.45, 2.75) is 50.6 Å². The minimum absolute atomic E-state index is 0.0316. The molecule has 2 aliphatic heterocycles. The van der Waals surface area contributed by atoms with Crippen LogP contribution in [0, 0.1) is 0 Å². The highest BCUT2D eigenvalue weighted by Crippen LogP contribution is 2.37. The van der Waals surface area contributed by atoms with Gasteiger partial charge in [-0.2, -0.15) is 13.2 Å². The van der Waals surface area contributed by atoms with Gasteiger partial charge in [0.25, 0.3) is 5.56 Å². The monoisotopic (exact) mass is 529 g/mol. The van der Waals surface area contributed by atoms with E-state index in [1.54, 1.807) is 26.0 Å². The van der Waals surface area contributed by atoms with E-state index in [2.05, 4.69) is 10.3 Å². The maximum Gasteiger partial charge on any atom is 0.417 e. The number of alkyl halides is 3. The molecule has 2 aliphatic rings. The number of nitrogens with zero attached hydrogens (tertiary/aromatic N) is 1. The molecule has 0 radical (unpaired) electrons. The molecule has 2 fully saturated rings. The summed E-state index contributed by atoms with van der Waals surface area (Å²) in [5.41, 5.74) is -2.29. The number of rotatable bonds is 5. The Labute approximate surface area is 215 Å². The highest BCUT2D eigenvalue weighted by molar-refractivity contribution is 5.95. The largest absolute Gasteiger partial charge is 0.454 e. The number of halogens is 3. The molecule has 3 heterocycles. The lowest BCUT2D eigenvalue weighted by Crippen LogP contribution is -2.46. The number of hydrogen-bond acceptors (Lipinski definition) is 6. The first-order chi connectivity index (χ1) is 17.9. The summed E-state index contributed by atoms with van der Waals surface area (Å²) in [4.78, 5) is 42.0. The molecule has 8 nitrogen and oxygen atoms in total. The second-order valence-corrected chi connectivity index (χ2v) is 9.98. The highest BCUT2D eigenvalue weighted by Gasteiger charge is 2.45. The first-order valence-electron chi connectivity index (χ1n) is 12.2. The number of H-pyrrole nitrogens is 1. The van der Waals surface area contributed by atoms with E-state index in [9.17, 15) is 27.6 Å². The van der Waals surface area contributed by atoms with E-state index in [0.717, 1.165) is 19.0 Å². The number of esters is 1. The molecule has 0 bridgehead atoms. The topological polar surface area (TPSA) is 101 Å². The van der Waals surface area contributed by atoms with Crippen molar-refractivity contribution in [1.82, 2.24) is 10.3 Å². The van der Waals surface area contributed by atoms with Gasteiger partial charge in [0.2, 0.25) is 0 Å². The van der Waals surface area contributed by atoms with Crippen LogP contribution in [0.2, 0.25) is 0 Å². The van der Waals surface area contributed by atoms with Crippen LogP contribution in [0.4, 0.5) is 23.7 Å². The zero-order valence-corrected chi connectivity index (χ0v) is 20.7. The number of nitrogens with one attached hydrogen (secondary N) is 2. The summed E-state index contributed by atoms with van der Waals surface area (Å²) in [5.74, 6) is -0.401. The predicted molar refractivity (Wildman–Crippen MR) is 134 cm³/mol. The molecule has 2 atom stereocenters. The van der Waals surface area contributed by atoms with Crippen molar-refractivity contribution in [3.8, 4) is 11.3 Å². The number of fused-ring (bicyclic) bond motifs is 1. The lowest BCUT2D eigenvalue weighted by molar-refractivity contribution is -0.167. The summed E-state index contributed by atoms with van der Waals surface area (Å²) in [6, 6.07) is 10.7. The van der Waals surface area contributed by atoms with Crippen LogP contribution < -0.4 is 15.8 Å².